The largest absolute Gasteiger partial charge is 0.457 e. The molecule has 0 saturated carbocycles. The van der Waals surface area contributed by atoms with Gasteiger partial charge in [0.15, 0.2) is 0 Å². The Hall–Kier alpha value is -3.72. The lowest BCUT2D eigenvalue weighted by molar-refractivity contribution is 0.464. The Labute approximate surface area is 183 Å². The second kappa shape index (κ2) is 8.97. The van der Waals surface area contributed by atoms with Gasteiger partial charge in [0, 0.05) is 0 Å². The summed E-state index contributed by atoms with van der Waals surface area (Å²) in [6.07, 6.45) is 0. The summed E-state index contributed by atoms with van der Waals surface area (Å²) >= 11 is 0. The van der Waals surface area contributed by atoms with Crippen LogP contribution in [-0.4, -0.2) is 0 Å². The predicted octanol–water partition coefficient (Wildman–Crippen LogP) is 8.30. The SMILES string of the molecule is Cc1ccc(Oc2ccc(Oc3ccc(Oc4ccc(C)c(C)c4)cc3)cc2)cc1C. The molecule has 0 unspecified atom stereocenters. The second-order valence-electron chi connectivity index (χ2n) is 7.74. The van der Waals surface area contributed by atoms with Crippen molar-refractivity contribution in [1.29, 1.82) is 0 Å². The fourth-order valence-corrected chi connectivity index (χ4v) is 3.11. The Kier molecular flexibility index (Phi) is 5.94. The highest BCUT2D eigenvalue weighted by molar-refractivity contribution is 5.42. The van der Waals surface area contributed by atoms with Crippen LogP contribution < -0.4 is 14.2 Å². The molecule has 0 aliphatic rings. The van der Waals surface area contributed by atoms with Crippen LogP contribution in [0.1, 0.15) is 22.3 Å². The first-order valence-electron chi connectivity index (χ1n) is 10.3. The van der Waals surface area contributed by atoms with Crippen molar-refractivity contribution in [3.05, 3.63) is 107 Å². The smallest absolute Gasteiger partial charge is 0.127 e. The summed E-state index contributed by atoms with van der Waals surface area (Å²) < 4.78 is 17.8. The molecule has 4 aromatic carbocycles. The van der Waals surface area contributed by atoms with E-state index in [9.17, 15) is 0 Å². The van der Waals surface area contributed by atoms with Crippen LogP contribution in [0, 0.1) is 27.7 Å². The van der Waals surface area contributed by atoms with E-state index < -0.39 is 0 Å². The third-order valence-electron chi connectivity index (χ3n) is 5.31. The fourth-order valence-electron chi connectivity index (χ4n) is 3.11. The summed E-state index contributed by atoms with van der Waals surface area (Å²) in [5.74, 6) is 4.69. The van der Waals surface area contributed by atoms with Crippen molar-refractivity contribution < 1.29 is 14.2 Å². The van der Waals surface area contributed by atoms with E-state index in [-0.39, 0.29) is 0 Å². The Morgan fingerprint density at radius 2 is 0.581 bits per heavy atom. The van der Waals surface area contributed by atoms with E-state index in [4.69, 9.17) is 14.2 Å². The van der Waals surface area contributed by atoms with Crippen molar-refractivity contribution in [3.63, 3.8) is 0 Å². The molecular weight excluding hydrogens is 384 g/mol. The van der Waals surface area contributed by atoms with E-state index in [1.807, 2.05) is 72.8 Å². The quantitative estimate of drug-likeness (QED) is 0.320. The maximum absolute atomic E-state index is 5.95. The van der Waals surface area contributed by atoms with Crippen molar-refractivity contribution in [2.45, 2.75) is 27.7 Å². The Morgan fingerprint density at radius 3 is 0.871 bits per heavy atom. The van der Waals surface area contributed by atoms with Gasteiger partial charge in [-0.2, -0.15) is 0 Å². The van der Waals surface area contributed by atoms with Gasteiger partial charge in [-0.25, -0.2) is 0 Å². The van der Waals surface area contributed by atoms with E-state index in [1.165, 1.54) is 22.3 Å². The average molecular weight is 411 g/mol. The van der Waals surface area contributed by atoms with E-state index >= 15 is 0 Å². The van der Waals surface area contributed by atoms with Crippen LogP contribution in [-0.2, 0) is 0 Å². The molecule has 0 aliphatic carbocycles. The summed E-state index contributed by atoms with van der Waals surface area (Å²) in [4.78, 5) is 0. The summed E-state index contributed by atoms with van der Waals surface area (Å²) in [5, 5.41) is 0. The first-order chi connectivity index (χ1) is 15.0. The molecule has 0 spiro atoms. The maximum Gasteiger partial charge on any atom is 0.127 e. The Bertz CT molecular complexity index is 1080. The lowest BCUT2D eigenvalue weighted by Gasteiger charge is -2.11. The highest BCUT2D eigenvalue weighted by Crippen LogP contribution is 2.30. The second-order valence-corrected chi connectivity index (χ2v) is 7.74. The van der Waals surface area contributed by atoms with Crippen molar-refractivity contribution >= 4 is 0 Å². The van der Waals surface area contributed by atoms with Crippen molar-refractivity contribution in [3.8, 4) is 34.5 Å². The van der Waals surface area contributed by atoms with E-state index in [1.54, 1.807) is 0 Å². The van der Waals surface area contributed by atoms with E-state index in [0.29, 0.717) is 0 Å². The first-order valence-corrected chi connectivity index (χ1v) is 10.3. The van der Waals surface area contributed by atoms with Crippen molar-refractivity contribution in [2.24, 2.45) is 0 Å². The molecule has 0 aliphatic heterocycles. The number of benzene rings is 4. The number of ether oxygens (including phenoxy) is 3. The van der Waals surface area contributed by atoms with Gasteiger partial charge in [0.25, 0.3) is 0 Å². The molecule has 3 heteroatoms. The van der Waals surface area contributed by atoms with Gasteiger partial charge >= 0.3 is 0 Å². The molecule has 0 atom stereocenters. The molecule has 0 bridgehead atoms. The Balaban J connectivity index is 1.37. The summed E-state index contributed by atoms with van der Waals surface area (Å²) in [5.41, 5.74) is 4.92. The lowest BCUT2D eigenvalue weighted by Crippen LogP contribution is -1.89. The van der Waals surface area contributed by atoms with Gasteiger partial charge in [-0.3, -0.25) is 0 Å². The Morgan fingerprint density at radius 1 is 0.323 bits per heavy atom. The summed E-state index contributed by atoms with van der Waals surface area (Å²) in [7, 11) is 0. The van der Waals surface area contributed by atoms with Crippen LogP contribution in [0.3, 0.4) is 0 Å². The molecule has 4 rings (SSSR count). The molecule has 156 valence electrons. The third kappa shape index (κ3) is 5.26. The van der Waals surface area contributed by atoms with Gasteiger partial charge in [-0.05, 0) is 123 Å². The number of hydrogen-bond donors (Lipinski definition) is 0. The molecule has 4 aromatic rings. The molecule has 0 heterocycles. The van der Waals surface area contributed by atoms with E-state index in [0.717, 1.165) is 34.5 Å². The van der Waals surface area contributed by atoms with Gasteiger partial charge in [-0.1, -0.05) is 12.1 Å². The monoisotopic (exact) mass is 410 g/mol. The normalized spacial score (nSPS) is 10.6. The van der Waals surface area contributed by atoms with Crippen LogP contribution >= 0.6 is 0 Å². The van der Waals surface area contributed by atoms with Crippen LogP contribution in [0.25, 0.3) is 0 Å². The molecule has 0 N–H and O–H groups in total. The van der Waals surface area contributed by atoms with E-state index in [2.05, 4.69) is 39.8 Å². The number of rotatable bonds is 6. The number of hydrogen-bond acceptors (Lipinski definition) is 3. The maximum atomic E-state index is 5.95. The van der Waals surface area contributed by atoms with Gasteiger partial charge in [0.2, 0.25) is 0 Å². The zero-order chi connectivity index (χ0) is 21.8. The van der Waals surface area contributed by atoms with Crippen LogP contribution in [0.4, 0.5) is 0 Å². The molecule has 0 saturated heterocycles. The molecule has 3 nitrogen and oxygen atoms in total. The highest BCUT2D eigenvalue weighted by atomic mass is 16.5. The van der Waals surface area contributed by atoms with Gasteiger partial charge in [0.1, 0.15) is 34.5 Å². The molecule has 0 amide bonds. The molecule has 0 aromatic heterocycles. The van der Waals surface area contributed by atoms with Crippen molar-refractivity contribution in [1.82, 2.24) is 0 Å². The zero-order valence-electron chi connectivity index (χ0n) is 18.3. The predicted molar refractivity (Wildman–Crippen MR) is 125 cm³/mol. The topological polar surface area (TPSA) is 27.7 Å². The van der Waals surface area contributed by atoms with Crippen LogP contribution in [0.5, 0.6) is 34.5 Å². The minimum absolute atomic E-state index is 0.746. The zero-order valence-corrected chi connectivity index (χ0v) is 18.3. The minimum Gasteiger partial charge on any atom is -0.457 e. The van der Waals surface area contributed by atoms with Gasteiger partial charge < -0.3 is 14.2 Å². The van der Waals surface area contributed by atoms with Gasteiger partial charge in [-0.15, -0.1) is 0 Å². The fraction of sp³-hybridized carbons (Fsp3) is 0.143. The molecule has 0 radical (unpaired) electrons. The van der Waals surface area contributed by atoms with Gasteiger partial charge in [0.05, 0.1) is 0 Å². The average Bonchev–Trinajstić information content (AvgIpc) is 2.76. The number of aryl methyl sites for hydroxylation is 4. The molecular formula is C28H26O3. The van der Waals surface area contributed by atoms with Crippen LogP contribution in [0.2, 0.25) is 0 Å². The minimum atomic E-state index is 0.746. The summed E-state index contributed by atoms with van der Waals surface area (Å²) in [6, 6.07) is 27.4. The van der Waals surface area contributed by atoms with Crippen LogP contribution in [0.15, 0.2) is 84.9 Å². The molecule has 31 heavy (non-hydrogen) atoms. The highest BCUT2D eigenvalue weighted by Gasteiger charge is 2.04. The molecule has 0 fully saturated rings. The standard InChI is InChI=1S/C28H26O3/c1-19-5-7-27(17-21(19)3)30-25-13-9-23(10-14-25)29-24-11-15-26(16-12-24)31-28-8-6-20(2)22(4)18-28/h5-18H,1-4H3. The van der Waals surface area contributed by atoms with Crippen molar-refractivity contribution in [2.75, 3.05) is 0 Å². The lowest BCUT2D eigenvalue weighted by atomic mass is 10.1. The third-order valence-corrected chi connectivity index (χ3v) is 5.31. The summed E-state index contributed by atoms with van der Waals surface area (Å²) in [6.45, 7) is 8.34. The first kappa shape index (κ1) is 20.5.